The third-order valence-electron chi connectivity index (χ3n) is 6.84. The maximum Gasteiger partial charge on any atom is 0.318 e. The molecule has 0 saturated carbocycles. The van der Waals surface area contributed by atoms with Crippen LogP contribution in [0.3, 0.4) is 0 Å². The number of nitrogens with one attached hydrogen (secondary N) is 2. The summed E-state index contributed by atoms with van der Waals surface area (Å²) in [5.41, 5.74) is 3.47. The molecular formula is C30H47ClN6O. The number of anilines is 1. The van der Waals surface area contributed by atoms with E-state index in [0.29, 0.717) is 25.1 Å². The maximum atomic E-state index is 9.22. The molecule has 7 nitrogen and oxygen atoms in total. The van der Waals surface area contributed by atoms with Gasteiger partial charge in [-0.25, -0.2) is 0 Å². The summed E-state index contributed by atoms with van der Waals surface area (Å²) >= 11 is 6.39. The van der Waals surface area contributed by atoms with Gasteiger partial charge in [-0.15, -0.1) is 0 Å². The van der Waals surface area contributed by atoms with Crippen molar-refractivity contribution in [1.29, 1.82) is 5.26 Å². The Bertz CT molecular complexity index is 1000. The first-order valence-corrected chi connectivity index (χ1v) is 14.4. The maximum absolute atomic E-state index is 9.22. The van der Waals surface area contributed by atoms with Gasteiger partial charge in [0, 0.05) is 42.3 Å². The fourth-order valence-electron chi connectivity index (χ4n) is 5.02. The van der Waals surface area contributed by atoms with Crippen molar-refractivity contribution in [2.45, 2.75) is 91.6 Å². The fraction of sp³-hybridized carbons (Fsp3) is 0.633. The number of hydrogen-bond acceptors (Lipinski definition) is 7. The monoisotopic (exact) mass is 542 g/mol. The molecule has 2 N–H and O–H groups in total. The molecule has 0 bridgehead atoms. The zero-order valence-corrected chi connectivity index (χ0v) is 23.5. The molecule has 0 spiro atoms. The van der Waals surface area contributed by atoms with Gasteiger partial charge in [0.15, 0.2) is 0 Å². The normalized spacial score (nSPS) is 18.7. The van der Waals surface area contributed by atoms with Gasteiger partial charge in [-0.1, -0.05) is 64.4 Å². The number of hydrogen-bond donors (Lipinski definition) is 2. The molecule has 2 fully saturated rings. The molecule has 210 valence electrons. The zero-order valence-electron chi connectivity index (χ0n) is 22.7. The lowest BCUT2D eigenvalue weighted by molar-refractivity contribution is 0.256. The predicted octanol–water partition coefficient (Wildman–Crippen LogP) is 5.74. The number of aryl methyl sites for hydroxylation is 2. The molecule has 2 aliphatic heterocycles. The van der Waals surface area contributed by atoms with Crippen LogP contribution in [0.15, 0.2) is 24.3 Å². The molecule has 4 rings (SSSR count). The predicted molar refractivity (Wildman–Crippen MR) is 158 cm³/mol. The first kappa shape index (κ1) is 31.8. The summed E-state index contributed by atoms with van der Waals surface area (Å²) in [4.78, 5) is 12.2. The summed E-state index contributed by atoms with van der Waals surface area (Å²) in [5, 5.41) is 17.0. The largest absolute Gasteiger partial charge is 0.462 e. The van der Waals surface area contributed by atoms with Crippen LogP contribution < -0.4 is 20.3 Å². The van der Waals surface area contributed by atoms with Crippen LogP contribution in [0, 0.1) is 11.3 Å². The molecule has 8 heteroatoms. The second-order valence-corrected chi connectivity index (χ2v) is 9.92. The molecule has 2 saturated heterocycles. The molecule has 0 radical (unpaired) electrons. The number of ether oxygens (including phenoxy) is 1. The molecule has 2 aromatic rings. The first-order valence-electron chi connectivity index (χ1n) is 14.0. The van der Waals surface area contributed by atoms with E-state index in [4.69, 9.17) is 26.3 Å². The quantitative estimate of drug-likeness (QED) is 0.374. The van der Waals surface area contributed by atoms with Gasteiger partial charge < -0.3 is 20.3 Å². The molecule has 38 heavy (non-hydrogen) atoms. The van der Waals surface area contributed by atoms with Crippen molar-refractivity contribution in [2.75, 3.05) is 37.7 Å². The van der Waals surface area contributed by atoms with Gasteiger partial charge in [0.25, 0.3) is 0 Å². The summed E-state index contributed by atoms with van der Waals surface area (Å²) in [6.45, 7) is 10.3. The molecule has 1 aromatic heterocycles. The van der Waals surface area contributed by atoms with E-state index < -0.39 is 0 Å². The highest BCUT2D eigenvalue weighted by atomic mass is 35.5. The smallest absolute Gasteiger partial charge is 0.318 e. The Labute approximate surface area is 235 Å². The van der Waals surface area contributed by atoms with Crippen molar-refractivity contribution < 1.29 is 4.74 Å². The van der Waals surface area contributed by atoms with E-state index in [1.807, 2.05) is 32.0 Å². The lowest BCUT2D eigenvalue weighted by atomic mass is 10.0. The van der Waals surface area contributed by atoms with Gasteiger partial charge in [0.1, 0.15) is 12.4 Å². The molecule has 2 unspecified atom stereocenters. The number of benzene rings is 1. The highest BCUT2D eigenvalue weighted by Gasteiger charge is 2.25. The summed E-state index contributed by atoms with van der Waals surface area (Å²) in [7, 11) is 0. The topological polar surface area (TPSA) is 86.1 Å². The summed E-state index contributed by atoms with van der Waals surface area (Å²) in [6, 6.07) is 11.3. The summed E-state index contributed by atoms with van der Waals surface area (Å²) < 4.78 is 6.15. The van der Waals surface area contributed by atoms with Crippen LogP contribution in [0.2, 0.25) is 5.02 Å². The molecule has 0 aliphatic carbocycles. The molecule has 1 aromatic carbocycles. The molecular weight excluding hydrogens is 496 g/mol. The minimum atomic E-state index is 0. The van der Waals surface area contributed by atoms with Crippen LogP contribution in [0.5, 0.6) is 6.01 Å². The Morgan fingerprint density at radius 1 is 1.11 bits per heavy atom. The lowest BCUT2D eigenvalue weighted by Gasteiger charge is -2.35. The number of halogens is 1. The molecule has 3 heterocycles. The van der Waals surface area contributed by atoms with Gasteiger partial charge in [-0.2, -0.15) is 15.2 Å². The third-order valence-corrected chi connectivity index (χ3v) is 7.21. The minimum absolute atomic E-state index is 0. The number of nitriles is 1. The van der Waals surface area contributed by atoms with Crippen molar-refractivity contribution in [1.82, 2.24) is 20.6 Å². The number of aromatic nitrogens is 2. The van der Waals surface area contributed by atoms with E-state index >= 15 is 0 Å². The van der Waals surface area contributed by atoms with E-state index in [1.165, 1.54) is 17.5 Å². The second kappa shape index (κ2) is 17.2. The number of rotatable bonds is 11. The number of piperazine rings is 1. The highest BCUT2D eigenvalue weighted by Crippen LogP contribution is 2.28. The average Bonchev–Trinajstić information content (AvgIpc) is 3.45. The lowest BCUT2D eigenvalue weighted by Crippen LogP contribution is -2.51. The Morgan fingerprint density at radius 2 is 1.89 bits per heavy atom. The minimum Gasteiger partial charge on any atom is -0.462 e. The van der Waals surface area contributed by atoms with Gasteiger partial charge >= 0.3 is 6.01 Å². The Morgan fingerprint density at radius 3 is 2.61 bits per heavy atom. The van der Waals surface area contributed by atoms with Crippen molar-refractivity contribution in [2.24, 2.45) is 0 Å². The number of nitrogens with zero attached hydrogens (tertiary/aromatic N) is 4. The van der Waals surface area contributed by atoms with E-state index in [0.717, 1.165) is 81.2 Å². The summed E-state index contributed by atoms with van der Waals surface area (Å²) in [5.74, 6) is 0.980. The standard InChI is InChI=1S/C27H37ClN6O.C2H6.CH4/c1-2-7-23-25(12-5-9-20-8-3-4-11-24(20)28)32-27(35-19-22-10-6-15-30-22)33-26(23)34-17-16-31-21(18-34)13-14-29;1-2;/h3-4,8,11,21-22,30-31H,2,5-7,9-10,12-13,15-19H2,1H3;1-2H3;1H4. The van der Waals surface area contributed by atoms with Crippen molar-refractivity contribution >= 4 is 17.4 Å². The van der Waals surface area contributed by atoms with Crippen molar-refractivity contribution in [3.05, 3.63) is 46.1 Å². The van der Waals surface area contributed by atoms with Crippen LogP contribution >= 0.6 is 11.6 Å². The van der Waals surface area contributed by atoms with Crippen molar-refractivity contribution in [3.63, 3.8) is 0 Å². The average molecular weight is 543 g/mol. The van der Waals surface area contributed by atoms with E-state index in [1.54, 1.807) is 0 Å². The SMILES string of the molecule is C.CC.CCCc1c(CCCc2ccccc2Cl)nc(OCC2CCCN2)nc1N1CCNC(CC#N)C1. The van der Waals surface area contributed by atoms with Crippen LogP contribution in [0.25, 0.3) is 0 Å². The van der Waals surface area contributed by atoms with E-state index in [2.05, 4.69) is 34.6 Å². The fourth-order valence-corrected chi connectivity index (χ4v) is 5.25. The van der Waals surface area contributed by atoms with Crippen molar-refractivity contribution in [3.8, 4) is 12.1 Å². The highest BCUT2D eigenvalue weighted by molar-refractivity contribution is 6.31. The Balaban J connectivity index is 0.00000165. The van der Waals surface area contributed by atoms with Crippen LogP contribution in [0.4, 0.5) is 5.82 Å². The zero-order chi connectivity index (χ0) is 26.5. The Hall–Kier alpha value is -2.40. The van der Waals surface area contributed by atoms with Gasteiger partial charge in [-0.3, -0.25) is 0 Å². The third kappa shape index (κ3) is 9.11. The van der Waals surface area contributed by atoms with E-state index in [9.17, 15) is 5.26 Å². The van der Waals surface area contributed by atoms with E-state index in [-0.39, 0.29) is 13.5 Å². The first-order chi connectivity index (χ1) is 18.2. The second-order valence-electron chi connectivity index (χ2n) is 9.51. The molecule has 2 aliphatic rings. The van der Waals surface area contributed by atoms with Crippen LogP contribution in [-0.2, 0) is 19.3 Å². The summed E-state index contributed by atoms with van der Waals surface area (Å²) in [6.07, 6.45) is 7.46. The van der Waals surface area contributed by atoms with Gasteiger partial charge in [-0.05, 0) is 56.7 Å². The molecule has 2 atom stereocenters. The molecule has 0 amide bonds. The van der Waals surface area contributed by atoms with Gasteiger partial charge in [0.2, 0.25) is 0 Å². The van der Waals surface area contributed by atoms with Crippen LogP contribution in [0.1, 0.15) is 77.1 Å². The Kier molecular flexibility index (Phi) is 14.4. The van der Waals surface area contributed by atoms with Gasteiger partial charge in [0.05, 0.1) is 18.2 Å². The van der Waals surface area contributed by atoms with Crippen LogP contribution in [-0.4, -0.2) is 54.8 Å².